The van der Waals surface area contributed by atoms with E-state index in [2.05, 4.69) is 18.4 Å². The number of allylic oxidation sites excluding steroid dienone is 8. The molecular weight excluding hydrogens is 735 g/mol. The van der Waals surface area contributed by atoms with E-state index < -0.39 is 51.8 Å². The molecule has 0 fully saturated rings. The fraction of sp³-hybridized carbons (Fsp3) is 0.750. The zero-order valence-corrected chi connectivity index (χ0v) is 35.7. The van der Waals surface area contributed by atoms with Gasteiger partial charge in [-0.05, 0) is 44.6 Å². The summed E-state index contributed by atoms with van der Waals surface area (Å²) >= 11 is 0. The summed E-state index contributed by atoms with van der Waals surface area (Å²) in [7, 11) is -4.64. The topological polar surface area (TPSA) is 166 Å². The van der Waals surface area contributed by atoms with Crippen LogP contribution < -0.4 is 0 Å². The molecule has 0 aliphatic rings. The van der Waals surface area contributed by atoms with E-state index in [4.69, 9.17) is 19.1 Å². The number of rotatable bonds is 40. The van der Waals surface area contributed by atoms with Crippen molar-refractivity contribution in [2.24, 2.45) is 0 Å². The second-order valence-corrected chi connectivity index (χ2v) is 15.9. The van der Waals surface area contributed by atoms with Crippen LogP contribution in [0.5, 0.6) is 0 Å². The Labute approximate surface area is 339 Å². The van der Waals surface area contributed by atoms with Crippen molar-refractivity contribution in [3.05, 3.63) is 48.6 Å². The minimum absolute atomic E-state index is 0.140. The summed E-state index contributed by atoms with van der Waals surface area (Å²) < 4.78 is 32.6. The fourth-order valence-electron chi connectivity index (χ4n) is 5.59. The summed E-state index contributed by atoms with van der Waals surface area (Å²) in [5.74, 6) is -0.863. The highest BCUT2D eigenvalue weighted by Gasteiger charge is 2.27. The largest absolute Gasteiger partial charge is 0.472 e. The highest BCUT2D eigenvalue weighted by atomic mass is 31.2. The lowest BCUT2D eigenvalue weighted by Gasteiger charge is -2.20. The van der Waals surface area contributed by atoms with Crippen LogP contribution in [0, 0.1) is 0 Å². The van der Waals surface area contributed by atoms with Gasteiger partial charge in [0, 0.05) is 19.3 Å². The molecule has 0 aliphatic carbocycles. The van der Waals surface area contributed by atoms with Gasteiger partial charge in [0.1, 0.15) is 12.7 Å². The number of ketones is 1. The molecular formula is C44H77O11P. The number of aliphatic hydroxyl groups is 2. The highest BCUT2D eigenvalue weighted by molar-refractivity contribution is 7.47. The third kappa shape index (κ3) is 38.5. The van der Waals surface area contributed by atoms with Crippen LogP contribution in [0.4, 0.5) is 0 Å². The first kappa shape index (κ1) is 53.6. The van der Waals surface area contributed by atoms with Gasteiger partial charge in [-0.15, -0.1) is 0 Å². The monoisotopic (exact) mass is 813 g/mol. The van der Waals surface area contributed by atoms with Gasteiger partial charge >= 0.3 is 19.8 Å². The van der Waals surface area contributed by atoms with Crippen LogP contribution in [-0.4, -0.2) is 71.5 Å². The molecule has 0 rings (SSSR count). The van der Waals surface area contributed by atoms with Crippen LogP contribution in [0.25, 0.3) is 0 Å². The van der Waals surface area contributed by atoms with Gasteiger partial charge in [-0.1, -0.05) is 159 Å². The summed E-state index contributed by atoms with van der Waals surface area (Å²) in [6, 6.07) is 0. The van der Waals surface area contributed by atoms with Gasteiger partial charge in [0.2, 0.25) is 0 Å². The maximum Gasteiger partial charge on any atom is 0.472 e. The third-order valence-corrected chi connectivity index (χ3v) is 9.91. The van der Waals surface area contributed by atoms with Gasteiger partial charge in [0.15, 0.2) is 11.9 Å². The Balaban J connectivity index is 4.43. The number of carbonyl (C=O) groups excluding carboxylic acids is 3. The molecule has 12 heteroatoms. The Morgan fingerprint density at radius 1 is 0.589 bits per heavy atom. The van der Waals surface area contributed by atoms with Gasteiger partial charge < -0.3 is 24.6 Å². The highest BCUT2D eigenvalue weighted by Crippen LogP contribution is 2.43. The van der Waals surface area contributed by atoms with Crippen molar-refractivity contribution in [2.45, 2.75) is 187 Å². The van der Waals surface area contributed by atoms with Crippen molar-refractivity contribution in [3.63, 3.8) is 0 Å². The van der Waals surface area contributed by atoms with Crippen molar-refractivity contribution in [1.29, 1.82) is 0 Å². The number of phosphoric ester groups is 1. The van der Waals surface area contributed by atoms with Gasteiger partial charge in [0.25, 0.3) is 0 Å². The van der Waals surface area contributed by atoms with E-state index in [9.17, 15) is 28.9 Å². The predicted molar refractivity (Wildman–Crippen MR) is 224 cm³/mol. The number of aliphatic hydroxyl groups excluding tert-OH is 2. The number of esters is 2. The first-order valence-corrected chi connectivity index (χ1v) is 23.0. The van der Waals surface area contributed by atoms with Gasteiger partial charge in [-0.2, -0.15) is 0 Å². The van der Waals surface area contributed by atoms with Crippen molar-refractivity contribution < 1.29 is 52.6 Å². The molecule has 11 nitrogen and oxygen atoms in total. The Morgan fingerprint density at radius 2 is 1.09 bits per heavy atom. The molecule has 3 N–H and O–H groups in total. The summed E-state index contributed by atoms with van der Waals surface area (Å²) in [6.07, 6.45) is 37.8. The number of hydrogen-bond donors (Lipinski definition) is 3. The van der Waals surface area contributed by atoms with Crippen molar-refractivity contribution >= 4 is 25.5 Å². The van der Waals surface area contributed by atoms with Crippen LogP contribution in [0.3, 0.4) is 0 Å². The lowest BCUT2D eigenvalue weighted by molar-refractivity contribution is -0.161. The van der Waals surface area contributed by atoms with Gasteiger partial charge in [0.05, 0.1) is 19.8 Å². The SMILES string of the molecule is CCCCCCCCCCCCCCCCCC(=O)O[C@H](COC(=O)CCC/C=C\C/C=C\C/C=C\C=C\C(=O)CCCCC)COP(=O)(O)OC[C@@H](O)CO. The number of carbonyl (C=O) groups is 3. The Hall–Kier alpha value is -2.40. The summed E-state index contributed by atoms with van der Waals surface area (Å²) in [5.41, 5.74) is 0. The standard InChI is InChI=1S/C44H77O11P/c1-3-5-7-8-9-10-11-12-13-14-17-21-24-27-31-35-44(49)55-42(39-54-56(50,51)53-37-41(47)36-45)38-52-43(48)34-30-26-23-20-18-15-16-19-22-25-29-33-40(46)32-28-6-4-2/h15-16,20,22-23,25,29,33,41-42,45,47H,3-14,17-19,21,24,26-28,30-32,34-39H2,1-2H3,(H,50,51)/b16-15-,23-20-,25-22-,33-29+/t41-,42+/m0/s1. The molecule has 1 unspecified atom stereocenters. The summed E-state index contributed by atoms with van der Waals surface area (Å²) in [4.78, 5) is 46.6. The van der Waals surface area contributed by atoms with Crippen LogP contribution in [0.1, 0.15) is 174 Å². The van der Waals surface area contributed by atoms with Crippen LogP contribution in [0.2, 0.25) is 0 Å². The van der Waals surface area contributed by atoms with Gasteiger partial charge in [-0.25, -0.2) is 4.57 Å². The molecule has 0 aromatic rings. The maximum atomic E-state index is 12.6. The second kappa shape index (κ2) is 39.4. The number of phosphoric acid groups is 1. The minimum Gasteiger partial charge on any atom is -0.462 e. The summed E-state index contributed by atoms with van der Waals surface area (Å²) in [6.45, 7) is 2.14. The average Bonchev–Trinajstić information content (AvgIpc) is 3.18. The fourth-order valence-corrected chi connectivity index (χ4v) is 6.38. The molecule has 0 amide bonds. The smallest absolute Gasteiger partial charge is 0.462 e. The first-order valence-electron chi connectivity index (χ1n) is 21.5. The molecule has 0 saturated carbocycles. The second-order valence-electron chi connectivity index (χ2n) is 14.4. The zero-order chi connectivity index (χ0) is 41.4. The molecule has 3 atom stereocenters. The molecule has 0 bridgehead atoms. The van der Waals surface area contributed by atoms with E-state index in [0.717, 1.165) is 51.4 Å². The minimum atomic E-state index is -4.64. The van der Waals surface area contributed by atoms with E-state index in [-0.39, 0.29) is 25.2 Å². The normalized spacial score (nSPS) is 14.2. The lowest BCUT2D eigenvalue weighted by Crippen LogP contribution is -2.29. The lowest BCUT2D eigenvalue weighted by atomic mass is 10.0. The Morgan fingerprint density at radius 3 is 1.70 bits per heavy atom. The molecule has 0 radical (unpaired) electrons. The Kier molecular flexibility index (Phi) is 37.7. The Bertz CT molecular complexity index is 1130. The van der Waals surface area contributed by atoms with E-state index in [1.165, 1.54) is 70.6 Å². The molecule has 0 aromatic carbocycles. The molecule has 0 saturated heterocycles. The van der Waals surface area contributed by atoms with Crippen molar-refractivity contribution in [3.8, 4) is 0 Å². The third-order valence-electron chi connectivity index (χ3n) is 8.96. The van der Waals surface area contributed by atoms with E-state index in [1.54, 1.807) is 12.2 Å². The molecule has 324 valence electrons. The molecule has 0 aromatic heterocycles. The van der Waals surface area contributed by atoms with E-state index in [0.29, 0.717) is 25.7 Å². The van der Waals surface area contributed by atoms with Gasteiger partial charge in [-0.3, -0.25) is 23.4 Å². The molecule has 0 aliphatic heterocycles. The molecule has 0 spiro atoms. The van der Waals surface area contributed by atoms with Crippen molar-refractivity contribution in [2.75, 3.05) is 26.4 Å². The molecule has 0 heterocycles. The number of hydrogen-bond acceptors (Lipinski definition) is 10. The zero-order valence-electron chi connectivity index (χ0n) is 34.8. The number of ether oxygens (including phenoxy) is 2. The first-order chi connectivity index (χ1) is 27.1. The van der Waals surface area contributed by atoms with E-state index >= 15 is 0 Å². The quantitative estimate of drug-likeness (QED) is 0.0135. The summed E-state index contributed by atoms with van der Waals surface area (Å²) in [5, 5.41) is 18.3. The number of unbranched alkanes of at least 4 members (excludes halogenated alkanes) is 17. The van der Waals surface area contributed by atoms with Crippen LogP contribution >= 0.6 is 7.82 Å². The predicted octanol–water partition coefficient (Wildman–Crippen LogP) is 10.5. The van der Waals surface area contributed by atoms with E-state index in [1.807, 2.05) is 36.5 Å². The van der Waals surface area contributed by atoms with Crippen LogP contribution in [-0.2, 0) is 37.5 Å². The average molecular weight is 813 g/mol. The molecule has 56 heavy (non-hydrogen) atoms. The van der Waals surface area contributed by atoms with Crippen LogP contribution in [0.15, 0.2) is 48.6 Å². The van der Waals surface area contributed by atoms with Crippen molar-refractivity contribution in [1.82, 2.24) is 0 Å². The maximum absolute atomic E-state index is 12.6.